The Balaban J connectivity index is 1.49. The van der Waals surface area contributed by atoms with E-state index in [0.29, 0.717) is 28.8 Å². The van der Waals surface area contributed by atoms with Crippen molar-refractivity contribution in [1.82, 2.24) is 5.32 Å². The number of benzene rings is 2. The second kappa shape index (κ2) is 8.70. The number of para-hydroxylation sites is 1. The van der Waals surface area contributed by atoms with E-state index in [1.54, 1.807) is 6.07 Å². The van der Waals surface area contributed by atoms with Gasteiger partial charge in [-0.05, 0) is 35.6 Å². The van der Waals surface area contributed by atoms with Gasteiger partial charge in [-0.1, -0.05) is 54.1 Å². The van der Waals surface area contributed by atoms with E-state index in [-0.39, 0.29) is 5.91 Å². The van der Waals surface area contributed by atoms with Crippen LogP contribution >= 0.6 is 22.9 Å². The van der Waals surface area contributed by atoms with E-state index in [1.807, 2.05) is 47.8 Å². The summed E-state index contributed by atoms with van der Waals surface area (Å²) in [6, 6.07) is 19.3. The molecule has 0 radical (unpaired) electrons. The zero-order valence-corrected chi connectivity index (χ0v) is 15.1. The van der Waals surface area contributed by atoms with Gasteiger partial charge in [0, 0.05) is 12.1 Å². The summed E-state index contributed by atoms with van der Waals surface area (Å²) in [6.45, 7) is 1.00. The molecule has 3 aromatic rings. The number of thiophene rings is 1. The smallest absolute Gasteiger partial charge is 0.261 e. The van der Waals surface area contributed by atoms with Gasteiger partial charge in [0.1, 0.15) is 12.4 Å². The van der Waals surface area contributed by atoms with Crippen LogP contribution < -0.4 is 10.1 Å². The van der Waals surface area contributed by atoms with Gasteiger partial charge in [-0.2, -0.15) is 0 Å². The van der Waals surface area contributed by atoms with E-state index in [0.717, 1.165) is 12.0 Å². The molecular formula is C20H18ClNO2S. The maximum absolute atomic E-state index is 12.2. The topological polar surface area (TPSA) is 38.3 Å². The van der Waals surface area contributed by atoms with E-state index < -0.39 is 0 Å². The first-order valence-corrected chi connectivity index (χ1v) is 9.25. The Hall–Kier alpha value is -2.30. The molecule has 3 rings (SSSR count). The van der Waals surface area contributed by atoms with E-state index in [2.05, 4.69) is 17.4 Å². The maximum Gasteiger partial charge on any atom is 0.261 e. The summed E-state index contributed by atoms with van der Waals surface area (Å²) in [7, 11) is 0. The second-order valence-electron chi connectivity index (χ2n) is 5.53. The molecule has 25 heavy (non-hydrogen) atoms. The van der Waals surface area contributed by atoms with Crippen molar-refractivity contribution in [3.8, 4) is 5.75 Å². The first-order valence-electron chi connectivity index (χ1n) is 7.99. The first-order chi connectivity index (χ1) is 12.2. The Morgan fingerprint density at radius 2 is 1.80 bits per heavy atom. The van der Waals surface area contributed by atoms with E-state index in [4.69, 9.17) is 16.3 Å². The van der Waals surface area contributed by atoms with Crippen molar-refractivity contribution in [3.63, 3.8) is 0 Å². The number of hydrogen-bond donors (Lipinski definition) is 1. The summed E-state index contributed by atoms with van der Waals surface area (Å²) >= 11 is 7.49. The maximum atomic E-state index is 12.2. The van der Waals surface area contributed by atoms with Crippen LogP contribution in [0.25, 0.3) is 0 Å². The molecule has 0 atom stereocenters. The zero-order valence-electron chi connectivity index (χ0n) is 13.6. The van der Waals surface area contributed by atoms with Crippen LogP contribution in [0.3, 0.4) is 0 Å². The third-order valence-electron chi connectivity index (χ3n) is 3.65. The largest absolute Gasteiger partial charge is 0.487 e. The second-order valence-corrected chi connectivity index (χ2v) is 6.85. The SMILES string of the molecule is O=C(NCCc1ccccc1)c1cc(COc2ccccc2Cl)cs1. The zero-order chi connectivity index (χ0) is 17.5. The summed E-state index contributed by atoms with van der Waals surface area (Å²) in [5, 5.41) is 5.47. The number of amides is 1. The molecule has 2 aromatic carbocycles. The van der Waals surface area contributed by atoms with Gasteiger partial charge in [-0.15, -0.1) is 11.3 Å². The molecular weight excluding hydrogens is 354 g/mol. The summed E-state index contributed by atoms with van der Waals surface area (Å²) in [5.74, 6) is 0.592. The van der Waals surface area contributed by atoms with Gasteiger partial charge in [-0.3, -0.25) is 4.79 Å². The van der Waals surface area contributed by atoms with Crippen LogP contribution in [0.5, 0.6) is 5.75 Å². The highest BCUT2D eigenvalue weighted by atomic mass is 35.5. The quantitative estimate of drug-likeness (QED) is 0.638. The lowest BCUT2D eigenvalue weighted by Crippen LogP contribution is -2.24. The molecule has 0 saturated heterocycles. The average Bonchev–Trinajstić information content (AvgIpc) is 3.11. The summed E-state index contributed by atoms with van der Waals surface area (Å²) in [5.41, 5.74) is 2.17. The molecule has 128 valence electrons. The third-order valence-corrected chi connectivity index (χ3v) is 4.94. The fourth-order valence-electron chi connectivity index (χ4n) is 2.35. The Kier molecular flexibility index (Phi) is 6.09. The van der Waals surface area contributed by atoms with Crippen LogP contribution in [0.15, 0.2) is 66.0 Å². The number of carbonyl (C=O) groups is 1. The summed E-state index contributed by atoms with van der Waals surface area (Å²) < 4.78 is 5.70. The van der Waals surface area contributed by atoms with Crippen molar-refractivity contribution in [2.24, 2.45) is 0 Å². The Bertz CT molecular complexity index is 832. The molecule has 1 aromatic heterocycles. The van der Waals surface area contributed by atoms with Gasteiger partial charge in [0.05, 0.1) is 9.90 Å². The highest BCUT2D eigenvalue weighted by molar-refractivity contribution is 7.12. The fraction of sp³-hybridized carbons (Fsp3) is 0.150. The average molecular weight is 372 g/mol. The standard InChI is InChI=1S/C20H18ClNO2S/c21-17-8-4-5-9-18(17)24-13-16-12-19(25-14-16)20(23)22-11-10-15-6-2-1-3-7-15/h1-9,12,14H,10-11,13H2,(H,22,23). The molecule has 0 saturated carbocycles. The highest BCUT2D eigenvalue weighted by Crippen LogP contribution is 2.25. The molecule has 0 aliphatic heterocycles. The Morgan fingerprint density at radius 1 is 1.04 bits per heavy atom. The molecule has 0 aliphatic rings. The van der Waals surface area contributed by atoms with Crippen molar-refractivity contribution in [2.45, 2.75) is 13.0 Å². The van der Waals surface area contributed by atoms with Crippen molar-refractivity contribution in [2.75, 3.05) is 6.54 Å². The lowest BCUT2D eigenvalue weighted by atomic mass is 10.1. The van der Waals surface area contributed by atoms with Crippen LogP contribution in [-0.4, -0.2) is 12.5 Å². The van der Waals surface area contributed by atoms with Crippen LogP contribution in [-0.2, 0) is 13.0 Å². The number of hydrogen-bond acceptors (Lipinski definition) is 3. The number of carbonyl (C=O) groups excluding carboxylic acids is 1. The number of nitrogens with one attached hydrogen (secondary N) is 1. The van der Waals surface area contributed by atoms with E-state index in [9.17, 15) is 4.79 Å². The van der Waals surface area contributed by atoms with Gasteiger partial charge in [0.25, 0.3) is 5.91 Å². The molecule has 5 heteroatoms. The lowest BCUT2D eigenvalue weighted by molar-refractivity contribution is 0.0958. The first kappa shape index (κ1) is 17.5. The van der Waals surface area contributed by atoms with Crippen molar-refractivity contribution in [1.29, 1.82) is 0 Å². The normalized spacial score (nSPS) is 10.4. The molecule has 0 fully saturated rings. The number of rotatable bonds is 7. The summed E-state index contributed by atoms with van der Waals surface area (Å²) in [4.78, 5) is 12.9. The minimum atomic E-state index is -0.0510. The van der Waals surface area contributed by atoms with Gasteiger partial charge in [0.15, 0.2) is 0 Å². The molecule has 1 N–H and O–H groups in total. The van der Waals surface area contributed by atoms with Gasteiger partial charge < -0.3 is 10.1 Å². The Morgan fingerprint density at radius 3 is 2.60 bits per heavy atom. The minimum absolute atomic E-state index is 0.0510. The van der Waals surface area contributed by atoms with Crippen molar-refractivity contribution < 1.29 is 9.53 Å². The van der Waals surface area contributed by atoms with Gasteiger partial charge in [-0.25, -0.2) is 0 Å². The minimum Gasteiger partial charge on any atom is -0.487 e. The predicted octanol–water partition coefficient (Wildman–Crippen LogP) is 4.95. The van der Waals surface area contributed by atoms with E-state index in [1.165, 1.54) is 16.9 Å². The van der Waals surface area contributed by atoms with Gasteiger partial charge >= 0.3 is 0 Å². The lowest BCUT2D eigenvalue weighted by Gasteiger charge is -2.06. The van der Waals surface area contributed by atoms with Crippen LogP contribution in [0.1, 0.15) is 20.8 Å². The number of halogens is 1. The molecule has 0 aliphatic carbocycles. The van der Waals surface area contributed by atoms with Crippen LogP contribution in [0.4, 0.5) is 0 Å². The number of ether oxygens (including phenoxy) is 1. The van der Waals surface area contributed by atoms with Gasteiger partial charge in [0.2, 0.25) is 0 Å². The predicted molar refractivity (Wildman–Crippen MR) is 103 cm³/mol. The third kappa shape index (κ3) is 5.08. The molecule has 0 unspecified atom stereocenters. The summed E-state index contributed by atoms with van der Waals surface area (Å²) in [6.07, 6.45) is 0.820. The molecule has 3 nitrogen and oxygen atoms in total. The van der Waals surface area contributed by atoms with E-state index >= 15 is 0 Å². The molecule has 0 bridgehead atoms. The van der Waals surface area contributed by atoms with Crippen molar-refractivity contribution >= 4 is 28.8 Å². The van der Waals surface area contributed by atoms with Crippen LogP contribution in [0, 0.1) is 0 Å². The van der Waals surface area contributed by atoms with Crippen LogP contribution in [0.2, 0.25) is 5.02 Å². The Labute approximate surface area is 156 Å². The molecule has 1 heterocycles. The fourth-order valence-corrected chi connectivity index (χ4v) is 3.35. The molecule has 0 spiro atoms. The highest BCUT2D eigenvalue weighted by Gasteiger charge is 2.09. The van der Waals surface area contributed by atoms with Crippen molar-refractivity contribution in [3.05, 3.63) is 87.1 Å². The molecule has 1 amide bonds. The monoisotopic (exact) mass is 371 g/mol.